The van der Waals surface area contributed by atoms with E-state index in [0.29, 0.717) is 11.3 Å². The molecule has 0 saturated carbocycles. The first-order chi connectivity index (χ1) is 9.02. The number of nitrogens with zero attached hydrogens (tertiary/aromatic N) is 2. The van der Waals surface area contributed by atoms with Crippen LogP contribution in [0.3, 0.4) is 0 Å². The lowest BCUT2D eigenvalue weighted by Crippen LogP contribution is -2.44. The number of hydrogen-bond donors (Lipinski definition) is 1. The minimum Gasteiger partial charge on any atom is -0.388 e. The van der Waals surface area contributed by atoms with Crippen LogP contribution in [0, 0.1) is 10.1 Å². The topological polar surface area (TPSA) is 58.4 Å². The third-order valence-corrected chi connectivity index (χ3v) is 4.96. The van der Waals surface area contributed by atoms with Gasteiger partial charge in [0.25, 0.3) is 5.69 Å². The molecule has 0 aromatic heterocycles. The predicted octanol–water partition coefficient (Wildman–Crippen LogP) is 2.97. The second-order valence-corrected chi connectivity index (χ2v) is 6.24. The average Bonchev–Trinajstić information content (AvgIpc) is 2.41. The molecule has 1 heterocycles. The molecule has 2 unspecified atom stereocenters. The van der Waals surface area contributed by atoms with Gasteiger partial charge in [-0.25, -0.2) is 0 Å². The van der Waals surface area contributed by atoms with Crippen LogP contribution in [-0.2, 0) is 0 Å². The van der Waals surface area contributed by atoms with Crippen molar-refractivity contribution >= 4 is 28.8 Å². The average molecular weight is 281 g/mol. The third kappa shape index (κ3) is 2.94. The van der Waals surface area contributed by atoms with Gasteiger partial charge < -0.3 is 10.2 Å². The molecule has 6 heteroatoms. The van der Waals surface area contributed by atoms with E-state index in [0.717, 1.165) is 23.7 Å². The lowest BCUT2D eigenvalue weighted by Gasteiger charge is -2.39. The van der Waals surface area contributed by atoms with Gasteiger partial charge in [0.2, 0.25) is 0 Å². The van der Waals surface area contributed by atoms with E-state index in [1.54, 1.807) is 19.2 Å². The van der Waals surface area contributed by atoms with Crippen molar-refractivity contribution in [3.05, 3.63) is 28.3 Å². The van der Waals surface area contributed by atoms with Crippen LogP contribution in [0.1, 0.15) is 13.8 Å². The molecule has 1 aromatic carbocycles. The molecule has 0 spiro atoms. The zero-order valence-corrected chi connectivity index (χ0v) is 12.2. The first kappa shape index (κ1) is 14.0. The van der Waals surface area contributed by atoms with E-state index >= 15 is 0 Å². The molecule has 0 amide bonds. The lowest BCUT2D eigenvalue weighted by molar-refractivity contribution is -0.384. The molecule has 1 aliphatic heterocycles. The third-order valence-electron chi connectivity index (χ3n) is 3.62. The summed E-state index contributed by atoms with van der Waals surface area (Å²) < 4.78 is 0. The summed E-state index contributed by atoms with van der Waals surface area (Å²) in [7, 11) is 1.78. The first-order valence-electron chi connectivity index (χ1n) is 6.38. The van der Waals surface area contributed by atoms with Crippen LogP contribution in [0.25, 0.3) is 0 Å². The summed E-state index contributed by atoms with van der Waals surface area (Å²) in [6.45, 7) is 5.31. The molecule has 1 fully saturated rings. The maximum absolute atomic E-state index is 11.0. The van der Waals surface area contributed by atoms with Gasteiger partial charge in [-0.3, -0.25) is 10.1 Å². The fourth-order valence-corrected chi connectivity index (χ4v) is 3.41. The number of benzene rings is 1. The normalized spacial score (nSPS) is 23.2. The molecule has 2 rings (SSSR count). The maximum Gasteiger partial charge on any atom is 0.273 e. The molecule has 1 N–H and O–H groups in total. The highest BCUT2D eigenvalue weighted by molar-refractivity contribution is 8.00. The largest absolute Gasteiger partial charge is 0.388 e. The number of nitrogens with one attached hydrogen (secondary N) is 1. The lowest BCUT2D eigenvalue weighted by atomic mass is 10.1. The van der Waals surface area contributed by atoms with Crippen LogP contribution in [-0.4, -0.2) is 35.6 Å². The van der Waals surface area contributed by atoms with E-state index in [1.165, 1.54) is 0 Å². The molecule has 1 aromatic rings. The Bertz CT molecular complexity index is 481. The van der Waals surface area contributed by atoms with Crippen molar-refractivity contribution < 1.29 is 4.92 Å². The molecule has 1 saturated heterocycles. The molecule has 0 bridgehead atoms. The first-order valence-corrected chi connectivity index (χ1v) is 7.43. The van der Waals surface area contributed by atoms with Gasteiger partial charge in [0.05, 0.1) is 4.92 Å². The molecule has 0 aliphatic carbocycles. The Hall–Kier alpha value is -1.43. The van der Waals surface area contributed by atoms with Gasteiger partial charge >= 0.3 is 0 Å². The summed E-state index contributed by atoms with van der Waals surface area (Å²) >= 11 is 1.95. The van der Waals surface area contributed by atoms with Gasteiger partial charge in [0.1, 0.15) is 0 Å². The Labute approximate surface area is 117 Å². The van der Waals surface area contributed by atoms with Crippen molar-refractivity contribution in [1.29, 1.82) is 0 Å². The standard InChI is InChI=1S/C13H19N3O2S/c1-9-10(2)19-5-4-15(9)12-6-11(14-3)7-13(8-12)16(17)18/h6-10,14H,4-5H2,1-3H3. The van der Waals surface area contributed by atoms with Crippen LogP contribution >= 0.6 is 11.8 Å². The zero-order chi connectivity index (χ0) is 14.0. The van der Waals surface area contributed by atoms with Crippen LogP contribution < -0.4 is 10.2 Å². The highest BCUT2D eigenvalue weighted by Gasteiger charge is 2.26. The van der Waals surface area contributed by atoms with E-state index in [9.17, 15) is 10.1 Å². The summed E-state index contributed by atoms with van der Waals surface area (Å²) in [5, 5.41) is 14.5. The smallest absolute Gasteiger partial charge is 0.273 e. The van der Waals surface area contributed by atoms with E-state index in [-0.39, 0.29) is 10.6 Å². The van der Waals surface area contributed by atoms with Crippen LogP contribution in [0.15, 0.2) is 18.2 Å². The molecular weight excluding hydrogens is 262 g/mol. The van der Waals surface area contributed by atoms with Gasteiger partial charge in [0, 0.05) is 54.1 Å². The molecule has 19 heavy (non-hydrogen) atoms. The van der Waals surface area contributed by atoms with Gasteiger partial charge in [-0.05, 0) is 13.0 Å². The maximum atomic E-state index is 11.0. The summed E-state index contributed by atoms with van der Waals surface area (Å²) in [4.78, 5) is 12.9. The molecule has 104 valence electrons. The number of non-ortho nitro benzene ring substituents is 1. The van der Waals surface area contributed by atoms with E-state index in [1.807, 2.05) is 17.8 Å². The van der Waals surface area contributed by atoms with Gasteiger partial charge in [-0.1, -0.05) is 6.92 Å². The predicted molar refractivity (Wildman–Crippen MR) is 81.4 cm³/mol. The number of anilines is 2. The summed E-state index contributed by atoms with van der Waals surface area (Å²) in [6.07, 6.45) is 0. The van der Waals surface area contributed by atoms with Gasteiger partial charge in [0.15, 0.2) is 0 Å². The van der Waals surface area contributed by atoms with Gasteiger partial charge in [-0.2, -0.15) is 11.8 Å². The van der Waals surface area contributed by atoms with Crippen LogP contribution in [0.4, 0.5) is 17.1 Å². The number of nitro benzene ring substituents is 1. The Morgan fingerprint density at radius 3 is 2.79 bits per heavy atom. The number of rotatable bonds is 3. The fourth-order valence-electron chi connectivity index (χ4n) is 2.31. The highest BCUT2D eigenvalue weighted by Crippen LogP contribution is 2.33. The van der Waals surface area contributed by atoms with Gasteiger partial charge in [-0.15, -0.1) is 0 Å². The number of hydrogen-bond acceptors (Lipinski definition) is 5. The Morgan fingerprint density at radius 2 is 2.16 bits per heavy atom. The van der Waals surface area contributed by atoms with Crippen molar-refractivity contribution in [1.82, 2.24) is 0 Å². The van der Waals surface area contributed by atoms with Crippen LogP contribution in [0.2, 0.25) is 0 Å². The highest BCUT2D eigenvalue weighted by atomic mass is 32.2. The second kappa shape index (κ2) is 5.69. The molecule has 2 atom stereocenters. The number of thioether (sulfide) groups is 1. The van der Waals surface area contributed by atoms with Crippen molar-refractivity contribution in [2.75, 3.05) is 29.6 Å². The molecular formula is C13H19N3O2S. The van der Waals surface area contributed by atoms with Crippen molar-refractivity contribution in [2.45, 2.75) is 25.1 Å². The minimum atomic E-state index is -0.336. The fraction of sp³-hybridized carbons (Fsp3) is 0.538. The Kier molecular flexibility index (Phi) is 4.19. The molecule has 1 aliphatic rings. The SMILES string of the molecule is CNc1cc(N2CCSC(C)C2C)cc([N+](=O)[O-])c1. The van der Waals surface area contributed by atoms with E-state index in [4.69, 9.17) is 0 Å². The minimum absolute atomic E-state index is 0.139. The summed E-state index contributed by atoms with van der Waals surface area (Å²) in [6, 6.07) is 5.59. The van der Waals surface area contributed by atoms with Crippen molar-refractivity contribution in [2.24, 2.45) is 0 Å². The molecule has 5 nitrogen and oxygen atoms in total. The molecule has 0 radical (unpaired) electrons. The monoisotopic (exact) mass is 281 g/mol. The zero-order valence-electron chi connectivity index (χ0n) is 11.4. The van der Waals surface area contributed by atoms with Crippen molar-refractivity contribution in [3.8, 4) is 0 Å². The van der Waals surface area contributed by atoms with Crippen molar-refractivity contribution in [3.63, 3.8) is 0 Å². The van der Waals surface area contributed by atoms with E-state index < -0.39 is 0 Å². The summed E-state index contributed by atoms with van der Waals surface area (Å²) in [5.74, 6) is 1.06. The quantitative estimate of drug-likeness (QED) is 0.682. The Balaban J connectivity index is 2.37. The number of nitro groups is 1. The summed E-state index contributed by atoms with van der Waals surface area (Å²) in [5.41, 5.74) is 1.85. The van der Waals surface area contributed by atoms with Crippen LogP contribution in [0.5, 0.6) is 0 Å². The van der Waals surface area contributed by atoms with E-state index in [2.05, 4.69) is 24.1 Å². The second-order valence-electron chi connectivity index (χ2n) is 4.76. The Morgan fingerprint density at radius 1 is 1.42 bits per heavy atom.